The van der Waals surface area contributed by atoms with Crippen molar-refractivity contribution in [3.8, 4) is 0 Å². The molecule has 0 N–H and O–H groups in total. The third kappa shape index (κ3) is 3.17. The van der Waals surface area contributed by atoms with Crippen LogP contribution in [0.4, 0.5) is 0 Å². The fraction of sp³-hybridized carbons (Fsp3) is 0.833. The molecule has 2 unspecified atom stereocenters. The molecular formula is C12H20N2O2. The SMILES string of the molecule is CC(C)C1(C)CCCC(OC(=O)C=[N+]=[N-])C1. The minimum atomic E-state index is -0.555. The Morgan fingerprint density at radius 2 is 2.31 bits per heavy atom. The summed E-state index contributed by atoms with van der Waals surface area (Å²) in [4.78, 5) is 13.8. The zero-order valence-electron chi connectivity index (χ0n) is 10.3. The van der Waals surface area contributed by atoms with Crippen molar-refractivity contribution in [2.45, 2.75) is 52.6 Å². The van der Waals surface area contributed by atoms with Crippen LogP contribution in [0.5, 0.6) is 0 Å². The van der Waals surface area contributed by atoms with Crippen LogP contribution >= 0.6 is 0 Å². The lowest BCUT2D eigenvalue weighted by atomic mass is 9.67. The number of carbonyl (C=O) groups is 1. The summed E-state index contributed by atoms with van der Waals surface area (Å²) in [6.07, 6.45) is 4.85. The van der Waals surface area contributed by atoms with Gasteiger partial charge in [-0.2, -0.15) is 4.79 Å². The zero-order chi connectivity index (χ0) is 12.2. The Balaban J connectivity index is 2.57. The van der Waals surface area contributed by atoms with Crippen molar-refractivity contribution in [1.29, 1.82) is 0 Å². The molecule has 0 aromatic heterocycles. The Hall–Kier alpha value is -1.15. The third-order valence-corrected chi connectivity index (χ3v) is 3.81. The lowest BCUT2D eigenvalue weighted by Gasteiger charge is -2.40. The van der Waals surface area contributed by atoms with Gasteiger partial charge in [0.05, 0.1) is 0 Å². The largest absolute Gasteiger partial charge is 0.454 e. The van der Waals surface area contributed by atoms with E-state index in [2.05, 4.69) is 25.6 Å². The summed E-state index contributed by atoms with van der Waals surface area (Å²) in [6.45, 7) is 6.66. The van der Waals surface area contributed by atoms with Gasteiger partial charge in [0.1, 0.15) is 6.10 Å². The summed E-state index contributed by atoms with van der Waals surface area (Å²) in [7, 11) is 0. The van der Waals surface area contributed by atoms with E-state index in [-0.39, 0.29) is 11.5 Å². The minimum absolute atomic E-state index is 0.0355. The predicted octanol–water partition coefficient (Wildman–Crippen LogP) is 2.44. The number of esters is 1. The number of carbonyl (C=O) groups excluding carboxylic acids is 1. The van der Waals surface area contributed by atoms with Crippen molar-refractivity contribution in [3.63, 3.8) is 0 Å². The van der Waals surface area contributed by atoms with Crippen LogP contribution in [-0.2, 0) is 9.53 Å². The molecule has 0 heterocycles. The molecule has 0 radical (unpaired) electrons. The van der Waals surface area contributed by atoms with E-state index in [0.29, 0.717) is 5.92 Å². The van der Waals surface area contributed by atoms with Crippen molar-refractivity contribution in [1.82, 2.24) is 0 Å². The maximum atomic E-state index is 11.2. The van der Waals surface area contributed by atoms with Gasteiger partial charge in [-0.1, -0.05) is 20.8 Å². The van der Waals surface area contributed by atoms with Crippen LogP contribution in [0, 0.1) is 11.3 Å². The van der Waals surface area contributed by atoms with Gasteiger partial charge in [-0.05, 0) is 37.0 Å². The molecule has 4 nitrogen and oxygen atoms in total. The van der Waals surface area contributed by atoms with Gasteiger partial charge >= 0.3 is 12.2 Å². The first kappa shape index (κ1) is 12.9. The molecule has 1 rings (SSSR count). The average Bonchev–Trinajstić information content (AvgIpc) is 2.17. The van der Waals surface area contributed by atoms with Crippen LogP contribution in [0.3, 0.4) is 0 Å². The van der Waals surface area contributed by atoms with Gasteiger partial charge in [0.25, 0.3) is 0 Å². The fourth-order valence-corrected chi connectivity index (χ4v) is 2.32. The summed E-state index contributed by atoms with van der Waals surface area (Å²) in [5.41, 5.74) is 8.48. The third-order valence-electron chi connectivity index (χ3n) is 3.81. The molecule has 0 aromatic carbocycles. The summed E-state index contributed by atoms with van der Waals surface area (Å²) in [5.74, 6) is 0.0287. The molecule has 0 aliphatic heterocycles. The molecule has 16 heavy (non-hydrogen) atoms. The van der Waals surface area contributed by atoms with E-state index in [9.17, 15) is 4.79 Å². The fourth-order valence-electron chi connectivity index (χ4n) is 2.32. The van der Waals surface area contributed by atoms with Crippen molar-refractivity contribution in [3.05, 3.63) is 5.53 Å². The quantitative estimate of drug-likeness (QED) is 0.320. The maximum absolute atomic E-state index is 11.2. The van der Waals surface area contributed by atoms with E-state index in [1.54, 1.807) is 0 Å². The van der Waals surface area contributed by atoms with Crippen molar-refractivity contribution >= 4 is 12.2 Å². The Kier molecular flexibility index (Phi) is 4.25. The van der Waals surface area contributed by atoms with Crippen LogP contribution in [-0.4, -0.2) is 23.1 Å². The zero-order valence-corrected chi connectivity index (χ0v) is 10.3. The number of ether oxygens (including phenoxy) is 1. The molecule has 0 amide bonds. The van der Waals surface area contributed by atoms with Crippen LogP contribution in [0.1, 0.15) is 46.5 Å². The number of hydrogen-bond donors (Lipinski definition) is 0. The molecule has 0 spiro atoms. The van der Waals surface area contributed by atoms with E-state index in [4.69, 9.17) is 10.3 Å². The second-order valence-corrected chi connectivity index (χ2v) is 5.21. The summed E-state index contributed by atoms with van der Waals surface area (Å²) < 4.78 is 5.23. The summed E-state index contributed by atoms with van der Waals surface area (Å²) in [6, 6.07) is 0. The Bertz CT molecular complexity index is 308. The van der Waals surface area contributed by atoms with Crippen LogP contribution in [0.25, 0.3) is 5.53 Å². The van der Waals surface area contributed by atoms with Crippen molar-refractivity contribution in [2.24, 2.45) is 11.3 Å². The van der Waals surface area contributed by atoms with Crippen LogP contribution in [0.2, 0.25) is 0 Å². The summed E-state index contributed by atoms with van der Waals surface area (Å²) in [5, 5.41) is 0. The molecule has 4 heteroatoms. The topological polar surface area (TPSA) is 62.7 Å². The average molecular weight is 224 g/mol. The van der Waals surface area contributed by atoms with Gasteiger partial charge in [0.15, 0.2) is 0 Å². The van der Waals surface area contributed by atoms with Crippen LogP contribution in [0.15, 0.2) is 0 Å². The highest BCUT2D eigenvalue weighted by Crippen LogP contribution is 2.42. The first-order chi connectivity index (χ1) is 7.48. The van der Waals surface area contributed by atoms with E-state index in [1.165, 1.54) is 6.42 Å². The Morgan fingerprint density at radius 1 is 1.62 bits per heavy atom. The first-order valence-corrected chi connectivity index (χ1v) is 5.86. The van der Waals surface area contributed by atoms with Gasteiger partial charge in [-0.25, -0.2) is 4.79 Å². The Morgan fingerprint density at radius 3 is 2.88 bits per heavy atom. The van der Waals surface area contributed by atoms with E-state index in [0.717, 1.165) is 25.5 Å². The summed E-state index contributed by atoms with van der Waals surface area (Å²) >= 11 is 0. The molecule has 0 saturated heterocycles. The second-order valence-electron chi connectivity index (χ2n) is 5.21. The van der Waals surface area contributed by atoms with Gasteiger partial charge in [-0.15, -0.1) is 0 Å². The minimum Gasteiger partial charge on any atom is -0.454 e. The van der Waals surface area contributed by atoms with Crippen molar-refractivity contribution < 1.29 is 14.3 Å². The van der Waals surface area contributed by atoms with Gasteiger partial charge < -0.3 is 10.3 Å². The highest BCUT2D eigenvalue weighted by Gasteiger charge is 2.36. The van der Waals surface area contributed by atoms with Gasteiger partial charge in [0.2, 0.25) is 0 Å². The highest BCUT2D eigenvalue weighted by atomic mass is 16.5. The number of nitrogens with zero attached hydrogens (tertiary/aromatic N) is 2. The molecule has 1 aliphatic carbocycles. The molecular weight excluding hydrogens is 204 g/mol. The lowest BCUT2D eigenvalue weighted by Crippen LogP contribution is -2.35. The Labute approximate surface area is 96.6 Å². The maximum Gasteiger partial charge on any atom is 0.413 e. The smallest absolute Gasteiger partial charge is 0.413 e. The molecule has 1 aliphatic rings. The monoisotopic (exact) mass is 224 g/mol. The van der Waals surface area contributed by atoms with Crippen molar-refractivity contribution in [2.75, 3.05) is 0 Å². The number of hydrogen-bond acceptors (Lipinski definition) is 2. The molecule has 0 bridgehead atoms. The molecule has 1 saturated carbocycles. The highest BCUT2D eigenvalue weighted by molar-refractivity contribution is 6.20. The van der Waals surface area contributed by atoms with E-state index < -0.39 is 5.97 Å². The molecule has 90 valence electrons. The standard InChI is InChI=1S/C12H20N2O2/c1-9(2)12(3)6-4-5-10(7-12)16-11(15)8-14-13/h8-10H,4-7H2,1-3H3. The van der Waals surface area contributed by atoms with E-state index in [1.807, 2.05) is 0 Å². The first-order valence-electron chi connectivity index (χ1n) is 5.86. The number of rotatable bonds is 3. The normalized spacial score (nSPS) is 29.6. The van der Waals surface area contributed by atoms with E-state index >= 15 is 0 Å². The van der Waals surface area contributed by atoms with Gasteiger partial charge in [-0.3, -0.25) is 0 Å². The molecule has 0 aromatic rings. The second kappa shape index (κ2) is 5.26. The van der Waals surface area contributed by atoms with Gasteiger partial charge in [0, 0.05) is 0 Å². The predicted molar refractivity (Wildman–Crippen MR) is 61.0 cm³/mol. The molecule has 2 atom stereocenters. The molecule has 1 fully saturated rings. The van der Waals surface area contributed by atoms with Crippen LogP contribution < -0.4 is 0 Å². The lowest BCUT2D eigenvalue weighted by molar-refractivity contribution is -0.148.